The Bertz CT molecular complexity index is 1290. The van der Waals surface area contributed by atoms with Gasteiger partial charge < -0.3 is 9.47 Å². The molecule has 2 aliphatic rings. The SMILES string of the molecule is CC.CSc1nc2cc(S(C)(=O)=O)ccc2n1C1CCN(C(=O)C2CCN(Cc3ccsc3)CC2)CC1. The first-order valence-electron chi connectivity index (χ1n) is 13.1. The first-order chi connectivity index (χ1) is 17.8. The van der Waals surface area contributed by atoms with Crippen LogP contribution in [-0.4, -0.2) is 72.4 Å². The Balaban J connectivity index is 0.00000156. The average Bonchev–Trinajstić information content (AvgIpc) is 3.56. The summed E-state index contributed by atoms with van der Waals surface area (Å²) < 4.78 is 26.2. The molecule has 1 aromatic carbocycles. The maximum absolute atomic E-state index is 13.3. The summed E-state index contributed by atoms with van der Waals surface area (Å²) >= 11 is 3.31. The monoisotopic (exact) mass is 562 g/mol. The summed E-state index contributed by atoms with van der Waals surface area (Å²) in [6, 6.07) is 7.65. The number of nitrogens with zero attached hydrogens (tertiary/aromatic N) is 4. The summed E-state index contributed by atoms with van der Waals surface area (Å²) in [5.74, 6) is 0.451. The molecule has 4 heterocycles. The zero-order valence-electron chi connectivity index (χ0n) is 22.2. The molecule has 0 unspecified atom stereocenters. The van der Waals surface area contributed by atoms with Crippen molar-refractivity contribution in [3.63, 3.8) is 0 Å². The van der Waals surface area contributed by atoms with Gasteiger partial charge >= 0.3 is 0 Å². The summed E-state index contributed by atoms with van der Waals surface area (Å²) in [7, 11) is -3.28. The van der Waals surface area contributed by atoms with E-state index in [4.69, 9.17) is 4.98 Å². The standard InChI is InChI=1S/C25H32N4O3S3.C2H6/c1-33-25-26-22-15-21(35(2,31)32)3-4-23(22)29(25)20-7-12-28(13-8-20)24(30)19-5-10-27(11-6-19)16-18-9-14-34-17-18;1-2/h3-4,9,14-15,17,19-20H,5-8,10-13,16H2,1-2H3;1-2H3. The maximum Gasteiger partial charge on any atom is 0.225 e. The Morgan fingerprint density at radius 3 is 2.38 bits per heavy atom. The lowest BCUT2D eigenvalue weighted by molar-refractivity contribution is -0.138. The number of thioether (sulfide) groups is 1. The largest absolute Gasteiger partial charge is 0.342 e. The second-order valence-electron chi connectivity index (χ2n) is 9.63. The van der Waals surface area contributed by atoms with Gasteiger partial charge in [-0.2, -0.15) is 11.3 Å². The fraction of sp³-hybridized carbons (Fsp3) is 0.556. The van der Waals surface area contributed by atoms with E-state index in [-0.39, 0.29) is 12.0 Å². The van der Waals surface area contributed by atoms with E-state index in [1.807, 2.05) is 26.2 Å². The van der Waals surface area contributed by atoms with Crippen LogP contribution < -0.4 is 0 Å². The number of sulfone groups is 1. The Hall–Kier alpha value is -1.88. The second kappa shape index (κ2) is 12.3. The van der Waals surface area contributed by atoms with Crippen molar-refractivity contribution in [3.05, 3.63) is 40.6 Å². The van der Waals surface area contributed by atoms with Crippen molar-refractivity contribution < 1.29 is 13.2 Å². The number of piperidine rings is 2. The minimum atomic E-state index is -3.28. The maximum atomic E-state index is 13.3. The molecule has 0 atom stereocenters. The molecule has 0 saturated carbocycles. The highest BCUT2D eigenvalue weighted by Crippen LogP contribution is 2.34. The van der Waals surface area contributed by atoms with Gasteiger partial charge in [0.05, 0.1) is 15.9 Å². The molecule has 2 aliphatic heterocycles. The van der Waals surface area contributed by atoms with Gasteiger partial charge in [-0.15, -0.1) is 0 Å². The van der Waals surface area contributed by atoms with Crippen molar-refractivity contribution in [2.24, 2.45) is 5.92 Å². The lowest BCUT2D eigenvalue weighted by Gasteiger charge is -2.38. The Kier molecular flexibility index (Phi) is 9.37. The van der Waals surface area contributed by atoms with Crippen LogP contribution in [0.2, 0.25) is 0 Å². The average molecular weight is 563 g/mol. The molecule has 1 amide bonds. The molecular weight excluding hydrogens is 525 g/mol. The summed E-state index contributed by atoms with van der Waals surface area (Å²) in [6.07, 6.45) is 6.87. The van der Waals surface area contributed by atoms with Crippen molar-refractivity contribution >= 4 is 49.9 Å². The Morgan fingerprint density at radius 1 is 1.08 bits per heavy atom. The van der Waals surface area contributed by atoms with Crippen molar-refractivity contribution in [2.75, 3.05) is 38.7 Å². The fourth-order valence-electron chi connectivity index (χ4n) is 5.37. The Labute approximate surface area is 229 Å². The Morgan fingerprint density at radius 2 is 1.78 bits per heavy atom. The number of aromatic nitrogens is 2. The van der Waals surface area contributed by atoms with Crippen molar-refractivity contribution in [3.8, 4) is 0 Å². The van der Waals surface area contributed by atoms with Crippen LogP contribution >= 0.6 is 23.1 Å². The summed E-state index contributed by atoms with van der Waals surface area (Å²) in [4.78, 5) is 22.8. The van der Waals surface area contributed by atoms with Crippen molar-refractivity contribution in [2.45, 2.75) is 62.2 Å². The van der Waals surface area contributed by atoms with Crippen LogP contribution in [0, 0.1) is 5.92 Å². The summed E-state index contributed by atoms with van der Waals surface area (Å²) in [5, 5.41) is 5.22. The molecule has 0 bridgehead atoms. The van der Waals surface area contributed by atoms with Crippen LogP contribution in [0.15, 0.2) is 45.1 Å². The number of hydrogen-bond acceptors (Lipinski definition) is 7. The van der Waals surface area contributed by atoms with Crippen LogP contribution in [0.5, 0.6) is 0 Å². The van der Waals surface area contributed by atoms with Crippen molar-refractivity contribution in [1.29, 1.82) is 0 Å². The lowest BCUT2D eigenvalue weighted by atomic mass is 9.93. The first kappa shape index (κ1) is 28.1. The molecule has 2 fully saturated rings. The minimum absolute atomic E-state index is 0.135. The minimum Gasteiger partial charge on any atom is -0.342 e. The number of fused-ring (bicyclic) bond motifs is 1. The molecule has 7 nitrogen and oxygen atoms in total. The number of thiophene rings is 1. The van der Waals surface area contributed by atoms with Gasteiger partial charge in [0.1, 0.15) is 0 Å². The summed E-state index contributed by atoms with van der Waals surface area (Å²) in [6.45, 7) is 8.46. The van der Waals surface area contributed by atoms with Gasteiger partial charge in [0.2, 0.25) is 5.91 Å². The molecule has 3 aromatic rings. The second-order valence-corrected chi connectivity index (χ2v) is 13.2. The predicted molar refractivity (Wildman–Crippen MR) is 153 cm³/mol. The number of carbonyl (C=O) groups is 1. The molecular formula is C27H38N4O3S3. The van der Waals surface area contributed by atoms with Gasteiger partial charge in [-0.25, -0.2) is 13.4 Å². The number of carbonyl (C=O) groups excluding carboxylic acids is 1. The zero-order chi connectivity index (χ0) is 26.6. The first-order valence-corrected chi connectivity index (χ1v) is 17.2. The van der Waals surface area contributed by atoms with Gasteiger partial charge in [0.25, 0.3) is 0 Å². The third-order valence-corrected chi connectivity index (χ3v) is 9.80. The van der Waals surface area contributed by atoms with Crippen LogP contribution in [0.1, 0.15) is 51.1 Å². The molecule has 5 rings (SSSR count). The van der Waals surface area contributed by atoms with Gasteiger partial charge in [0.15, 0.2) is 15.0 Å². The highest BCUT2D eigenvalue weighted by molar-refractivity contribution is 7.98. The molecule has 2 saturated heterocycles. The number of hydrogen-bond donors (Lipinski definition) is 0. The van der Waals surface area contributed by atoms with E-state index in [1.165, 1.54) is 11.8 Å². The molecule has 0 spiro atoms. The van der Waals surface area contributed by atoms with Crippen LogP contribution in [0.3, 0.4) is 0 Å². The molecule has 2 aromatic heterocycles. The highest BCUT2D eigenvalue weighted by atomic mass is 32.2. The van der Waals surface area contributed by atoms with E-state index in [9.17, 15) is 13.2 Å². The molecule has 37 heavy (non-hydrogen) atoms. The quantitative estimate of drug-likeness (QED) is 0.378. The normalized spacial score (nSPS) is 18.1. The predicted octanol–water partition coefficient (Wildman–Crippen LogP) is 5.33. The van der Waals surface area contributed by atoms with E-state index in [0.29, 0.717) is 16.3 Å². The van der Waals surface area contributed by atoms with Crippen LogP contribution in [0.25, 0.3) is 11.0 Å². The molecule has 0 radical (unpaired) electrons. The van der Waals surface area contributed by atoms with E-state index < -0.39 is 9.84 Å². The highest BCUT2D eigenvalue weighted by Gasteiger charge is 2.32. The van der Waals surface area contributed by atoms with Gasteiger partial charge in [-0.3, -0.25) is 9.69 Å². The van der Waals surface area contributed by atoms with Gasteiger partial charge in [0, 0.05) is 37.8 Å². The van der Waals surface area contributed by atoms with E-state index in [1.54, 1.807) is 35.2 Å². The van der Waals surface area contributed by atoms with Crippen molar-refractivity contribution in [1.82, 2.24) is 19.4 Å². The third kappa shape index (κ3) is 6.41. The van der Waals surface area contributed by atoms with Gasteiger partial charge in [-0.05, 0) is 85.6 Å². The molecule has 0 aliphatic carbocycles. The smallest absolute Gasteiger partial charge is 0.225 e. The molecule has 202 valence electrons. The number of rotatable bonds is 6. The number of benzene rings is 1. The third-order valence-electron chi connectivity index (χ3n) is 7.30. The van der Waals surface area contributed by atoms with Crippen LogP contribution in [0.4, 0.5) is 0 Å². The number of amides is 1. The van der Waals surface area contributed by atoms with Gasteiger partial charge in [-0.1, -0.05) is 25.6 Å². The number of imidazole rings is 1. The zero-order valence-corrected chi connectivity index (χ0v) is 24.7. The topological polar surface area (TPSA) is 75.5 Å². The molecule has 10 heteroatoms. The van der Waals surface area contributed by atoms with E-state index in [0.717, 1.165) is 69.1 Å². The fourth-order valence-corrected chi connectivity index (χ4v) is 7.30. The summed E-state index contributed by atoms with van der Waals surface area (Å²) in [5.41, 5.74) is 3.04. The van der Waals surface area contributed by atoms with Crippen LogP contribution in [-0.2, 0) is 21.2 Å². The number of likely N-dealkylation sites (tertiary alicyclic amines) is 2. The lowest BCUT2D eigenvalue weighted by Crippen LogP contribution is -2.45. The molecule has 0 N–H and O–H groups in total. The van der Waals surface area contributed by atoms with E-state index >= 15 is 0 Å². The van der Waals surface area contributed by atoms with E-state index in [2.05, 4.69) is 31.2 Å².